The Balaban J connectivity index is 1.51. The summed E-state index contributed by atoms with van der Waals surface area (Å²) in [5.41, 5.74) is 1.77. The summed E-state index contributed by atoms with van der Waals surface area (Å²) in [7, 11) is 1.46. The van der Waals surface area contributed by atoms with Crippen molar-refractivity contribution in [2.45, 2.75) is 5.92 Å². The van der Waals surface area contributed by atoms with Crippen molar-refractivity contribution in [3.63, 3.8) is 0 Å². The number of ether oxygens (including phenoxy) is 1. The summed E-state index contributed by atoms with van der Waals surface area (Å²) in [5, 5.41) is 0.489. The van der Waals surface area contributed by atoms with E-state index in [1.54, 1.807) is 24.7 Å². The highest BCUT2D eigenvalue weighted by molar-refractivity contribution is 6.16. The molecule has 4 heterocycles. The maximum absolute atomic E-state index is 15.1. The van der Waals surface area contributed by atoms with Gasteiger partial charge in [-0.05, 0) is 18.2 Å². The predicted molar refractivity (Wildman–Crippen MR) is 111 cm³/mol. The molecule has 0 bridgehead atoms. The summed E-state index contributed by atoms with van der Waals surface area (Å²) in [6.45, 7) is -1.16. The molecule has 10 heteroatoms. The van der Waals surface area contributed by atoms with E-state index in [1.165, 1.54) is 36.4 Å². The molecule has 4 aromatic rings. The Morgan fingerprint density at radius 2 is 1.81 bits per heavy atom. The van der Waals surface area contributed by atoms with Crippen molar-refractivity contribution < 1.29 is 22.7 Å². The van der Waals surface area contributed by atoms with Crippen LogP contribution in [0.2, 0.25) is 0 Å². The molecule has 0 amide bonds. The molecule has 1 fully saturated rings. The number of carbonyl (C=O) groups excluding carboxylic acids is 1. The lowest BCUT2D eigenvalue weighted by Crippen LogP contribution is -2.56. The fourth-order valence-corrected chi connectivity index (χ4v) is 3.69. The van der Waals surface area contributed by atoms with Crippen LogP contribution >= 0.6 is 0 Å². The highest BCUT2D eigenvalue weighted by Crippen LogP contribution is 2.35. The zero-order chi connectivity index (χ0) is 22.5. The molecular weight excluding hydrogens is 423 g/mol. The SMILES string of the molecule is COc1ncc(-c2cnc3[nH]cc(C(=O)c4cccc(N5CC(F)(F)C5)c4F)c3c2)cn1. The van der Waals surface area contributed by atoms with Gasteiger partial charge in [-0.3, -0.25) is 4.79 Å². The molecule has 1 aromatic carbocycles. The molecule has 0 spiro atoms. The van der Waals surface area contributed by atoms with Crippen molar-refractivity contribution in [3.05, 3.63) is 66.0 Å². The Morgan fingerprint density at radius 1 is 1.09 bits per heavy atom. The Kier molecular flexibility index (Phi) is 4.58. The topological polar surface area (TPSA) is 84.0 Å². The van der Waals surface area contributed by atoms with E-state index in [1.807, 2.05) is 0 Å². The fraction of sp³-hybridized carbons (Fsp3) is 0.182. The molecule has 162 valence electrons. The quantitative estimate of drug-likeness (QED) is 0.476. The number of ketones is 1. The molecule has 1 aliphatic heterocycles. The molecule has 3 aromatic heterocycles. The van der Waals surface area contributed by atoms with Gasteiger partial charge in [0.15, 0.2) is 11.6 Å². The highest BCUT2D eigenvalue weighted by atomic mass is 19.3. The molecule has 0 atom stereocenters. The van der Waals surface area contributed by atoms with Gasteiger partial charge in [-0.2, -0.15) is 0 Å². The van der Waals surface area contributed by atoms with Crippen molar-refractivity contribution in [2.75, 3.05) is 25.1 Å². The van der Waals surface area contributed by atoms with Gasteiger partial charge in [0, 0.05) is 46.9 Å². The number of H-pyrrole nitrogens is 1. The molecule has 32 heavy (non-hydrogen) atoms. The molecule has 0 aliphatic carbocycles. The largest absolute Gasteiger partial charge is 0.467 e. The highest BCUT2D eigenvalue weighted by Gasteiger charge is 2.45. The summed E-state index contributed by atoms with van der Waals surface area (Å²) < 4.78 is 46.5. The van der Waals surface area contributed by atoms with Gasteiger partial charge in [0.25, 0.3) is 5.92 Å². The van der Waals surface area contributed by atoms with Gasteiger partial charge in [-0.1, -0.05) is 6.07 Å². The van der Waals surface area contributed by atoms with Crippen molar-refractivity contribution in [1.29, 1.82) is 0 Å². The number of benzene rings is 1. The number of nitrogens with one attached hydrogen (secondary N) is 1. The Bertz CT molecular complexity index is 1330. The summed E-state index contributed by atoms with van der Waals surface area (Å²) in [5.74, 6) is -4.25. The van der Waals surface area contributed by atoms with Gasteiger partial charge >= 0.3 is 6.01 Å². The number of halogens is 3. The van der Waals surface area contributed by atoms with Gasteiger partial charge in [0.1, 0.15) is 5.65 Å². The van der Waals surface area contributed by atoms with E-state index in [0.29, 0.717) is 22.2 Å². The average Bonchev–Trinajstić information content (AvgIpc) is 3.20. The summed E-state index contributed by atoms with van der Waals surface area (Å²) in [6, 6.07) is 6.16. The number of methoxy groups -OCH3 is 1. The third kappa shape index (κ3) is 3.33. The minimum Gasteiger partial charge on any atom is -0.467 e. The van der Waals surface area contributed by atoms with E-state index < -0.39 is 30.6 Å². The summed E-state index contributed by atoms with van der Waals surface area (Å²) >= 11 is 0. The number of alkyl halides is 2. The zero-order valence-corrected chi connectivity index (χ0v) is 16.8. The third-order valence-corrected chi connectivity index (χ3v) is 5.33. The molecule has 5 rings (SSSR count). The lowest BCUT2D eigenvalue weighted by molar-refractivity contribution is -0.0265. The number of hydrogen-bond donors (Lipinski definition) is 1. The predicted octanol–water partition coefficient (Wildman–Crippen LogP) is 3.85. The molecule has 0 unspecified atom stereocenters. The van der Waals surface area contributed by atoms with Crippen LogP contribution in [0.25, 0.3) is 22.2 Å². The van der Waals surface area contributed by atoms with Gasteiger partial charge in [-0.15, -0.1) is 0 Å². The lowest BCUT2D eigenvalue weighted by Gasteiger charge is -2.40. The van der Waals surface area contributed by atoms with E-state index in [2.05, 4.69) is 19.9 Å². The van der Waals surface area contributed by atoms with Crippen LogP contribution in [0.1, 0.15) is 15.9 Å². The van der Waals surface area contributed by atoms with Gasteiger partial charge in [0.05, 0.1) is 31.5 Å². The van der Waals surface area contributed by atoms with E-state index in [4.69, 9.17) is 4.74 Å². The van der Waals surface area contributed by atoms with E-state index in [0.717, 1.165) is 0 Å². The first-order chi connectivity index (χ1) is 15.4. The number of fused-ring (bicyclic) bond motifs is 1. The molecule has 1 N–H and O–H groups in total. The molecule has 1 aliphatic rings. The van der Waals surface area contributed by atoms with Gasteiger partial charge < -0.3 is 14.6 Å². The van der Waals surface area contributed by atoms with Crippen LogP contribution < -0.4 is 9.64 Å². The smallest absolute Gasteiger partial charge is 0.316 e. The Morgan fingerprint density at radius 3 is 2.50 bits per heavy atom. The zero-order valence-electron chi connectivity index (χ0n) is 16.8. The lowest BCUT2D eigenvalue weighted by atomic mass is 9.99. The van der Waals surface area contributed by atoms with Crippen molar-refractivity contribution >= 4 is 22.5 Å². The number of nitrogens with zero attached hydrogens (tertiary/aromatic N) is 4. The number of hydrogen-bond acceptors (Lipinski definition) is 6. The molecule has 0 saturated carbocycles. The number of aromatic nitrogens is 4. The fourth-order valence-electron chi connectivity index (χ4n) is 3.69. The maximum atomic E-state index is 15.1. The van der Waals surface area contributed by atoms with Crippen molar-refractivity contribution in [2.24, 2.45) is 0 Å². The van der Waals surface area contributed by atoms with Crippen LogP contribution in [0.5, 0.6) is 6.01 Å². The van der Waals surface area contributed by atoms with Gasteiger partial charge in [-0.25, -0.2) is 28.1 Å². The second-order valence-corrected chi connectivity index (χ2v) is 7.46. The first kappa shape index (κ1) is 20.0. The average molecular weight is 439 g/mol. The number of carbonyl (C=O) groups is 1. The van der Waals surface area contributed by atoms with Crippen molar-refractivity contribution in [3.8, 4) is 17.1 Å². The minimum absolute atomic E-state index is 0.0178. The van der Waals surface area contributed by atoms with Crippen LogP contribution in [0.3, 0.4) is 0 Å². The number of rotatable bonds is 5. The maximum Gasteiger partial charge on any atom is 0.316 e. The van der Waals surface area contributed by atoms with Crippen LogP contribution in [0.15, 0.2) is 49.1 Å². The van der Waals surface area contributed by atoms with E-state index in [9.17, 15) is 13.6 Å². The van der Waals surface area contributed by atoms with Crippen LogP contribution in [0.4, 0.5) is 18.9 Å². The third-order valence-electron chi connectivity index (χ3n) is 5.33. The Hall–Kier alpha value is -3.95. The second kappa shape index (κ2) is 7.33. The first-order valence-electron chi connectivity index (χ1n) is 9.66. The molecule has 1 saturated heterocycles. The number of pyridine rings is 1. The number of aromatic amines is 1. The first-order valence-corrected chi connectivity index (χ1v) is 9.66. The van der Waals surface area contributed by atoms with E-state index in [-0.39, 0.29) is 22.8 Å². The Labute approximate surface area is 179 Å². The number of anilines is 1. The van der Waals surface area contributed by atoms with Crippen molar-refractivity contribution in [1.82, 2.24) is 19.9 Å². The summed E-state index contributed by atoms with van der Waals surface area (Å²) in [4.78, 5) is 29.8. The minimum atomic E-state index is -2.85. The normalized spacial score (nSPS) is 14.9. The summed E-state index contributed by atoms with van der Waals surface area (Å²) in [6.07, 6.45) is 6.19. The van der Waals surface area contributed by atoms with Crippen LogP contribution in [-0.2, 0) is 0 Å². The monoisotopic (exact) mass is 439 g/mol. The molecular formula is C22H16F3N5O2. The van der Waals surface area contributed by atoms with Crippen LogP contribution in [-0.4, -0.2) is 51.8 Å². The standard InChI is InChI=1S/C22H16F3N5O2/c1-32-21-28-7-13(8-29-21)12-5-15-16(9-27-20(15)26-6-12)19(31)14-3-2-4-17(18(14)23)30-10-22(24,25)11-30/h2-9H,10-11H2,1H3,(H,26,27). The molecule has 7 nitrogen and oxygen atoms in total. The van der Waals surface area contributed by atoms with E-state index >= 15 is 4.39 Å². The van der Waals surface area contributed by atoms with Crippen LogP contribution in [0, 0.1) is 5.82 Å². The molecule has 0 radical (unpaired) electrons. The second-order valence-electron chi connectivity index (χ2n) is 7.46. The van der Waals surface area contributed by atoms with Gasteiger partial charge in [0.2, 0.25) is 0 Å².